The fraction of sp³-hybridized carbons (Fsp3) is 0.333. The van der Waals surface area contributed by atoms with Gasteiger partial charge in [0.1, 0.15) is 5.82 Å². The van der Waals surface area contributed by atoms with Crippen molar-refractivity contribution in [2.24, 2.45) is 7.05 Å². The van der Waals surface area contributed by atoms with Crippen molar-refractivity contribution in [1.82, 2.24) is 14.5 Å². The maximum absolute atomic E-state index is 5.87. The van der Waals surface area contributed by atoms with Gasteiger partial charge in [-0.1, -0.05) is 18.2 Å². The van der Waals surface area contributed by atoms with Crippen molar-refractivity contribution in [3.8, 4) is 0 Å². The normalized spacial score (nSPS) is 18.0. The number of anilines is 2. The van der Waals surface area contributed by atoms with Gasteiger partial charge in [0.25, 0.3) is 0 Å². The molecule has 3 aromatic rings. The Hall–Kier alpha value is -2.56. The van der Waals surface area contributed by atoms with Gasteiger partial charge in [0.15, 0.2) is 0 Å². The Bertz CT molecular complexity index is 847. The molecule has 2 N–H and O–H groups in total. The van der Waals surface area contributed by atoms with E-state index >= 15 is 0 Å². The van der Waals surface area contributed by atoms with E-state index in [4.69, 9.17) is 5.73 Å². The molecule has 0 aliphatic carbocycles. The van der Waals surface area contributed by atoms with Crippen LogP contribution in [0.5, 0.6) is 0 Å². The van der Waals surface area contributed by atoms with E-state index in [9.17, 15) is 0 Å². The summed E-state index contributed by atoms with van der Waals surface area (Å²) >= 11 is 0. The van der Waals surface area contributed by atoms with E-state index in [0.29, 0.717) is 11.7 Å². The average molecular weight is 307 g/mol. The zero-order valence-corrected chi connectivity index (χ0v) is 13.5. The Morgan fingerprint density at radius 3 is 2.87 bits per heavy atom. The van der Waals surface area contributed by atoms with Gasteiger partial charge >= 0.3 is 0 Å². The summed E-state index contributed by atoms with van der Waals surface area (Å²) in [6.45, 7) is 3.87. The molecular formula is C18H21N5. The largest absolute Gasteiger partial charge is 0.384 e. The summed E-state index contributed by atoms with van der Waals surface area (Å²) in [4.78, 5) is 11.2. The summed E-state index contributed by atoms with van der Waals surface area (Å²) in [5, 5.41) is 1.35. The molecule has 5 heteroatoms. The van der Waals surface area contributed by atoms with Crippen LogP contribution in [0.3, 0.4) is 0 Å². The molecule has 1 saturated heterocycles. The highest BCUT2D eigenvalue weighted by Crippen LogP contribution is 2.34. The molecule has 1 aliphatic heterocycles. The Kier molecular flexibility index (Phi) is 3.22. The Morgan fingerprint density at radius 2 is 2.04 bits per heavy atom. The third kappa shape index (κ3) is 2.42. The number of nitrogen functional groups attached to an aromatic ring is 1. The molecular weight excluding hydrogens is 286 g/mol. The Morgan fingerprint density at radius 1 is 1.22 bits per heavy atom. The molecule has 0 spiro atoms. The minimum absolute atomic E-state index is 0.506. The van der Waals surface area contributed by atoms with E-state index in [1.807, 2.05) is 13.0 Å². The first-order chi connectivity index (χ1) is 11.1. The predicted molar refractivity (Wildman–Crippen MR) is 93.7 cm³/mol. The van der Waals surface area contributed by atoms with Crippen molar-refractivity contribution in [2.45, 2.75) is 19.3 Å². The fourth-order valence-corrected chi connectivity index (χ4v) is 3.61. The van der Waals surface area contributed by atoms with E-state index in [1.54, 1.807) is 0 Å². The highest BCUT2D eigenvalue weighted by atomic mass is 15.3. The van der Waals surface area contributed by atoms with Crippen LogP contribution in [-0.2, 0) is 7.05 Å². The third-order valence-corrected chi connectivity index (χ3v) is 4.70. The summed E-state index contributed by atoms with van der Waals surface area (Å²) < 4.78 is 2.22. The van der Waals surface area contributed by atoms with E-state index in [-0.39, 0.29) is 0 Å². The summed E-state index contributed by atoms with van der Waals surface area (Å²) in [6.07, 6.45) is 3.38. The first-order valence-corrected chi connectivity index (χ1v) is 8.02. The van der Waals surface area contributed by atoms with Crippen LogP contribution < -0.4 is 10.6 Å². The molecule has 2 aromatic heterocycles. The molecule has 1 aromatic carbocycles. The molecule has 1 atom stereocenters. The van der Waals surface area contributed by atoms with Crippen molar-refractivity contribution >= 4 is 22.7 Å². The number of aromatic nitrogens is 3. The quantitative estimate of drug-likeness (QED) is 0.791. The maximum Gasteiger partial charge on any atom is 0.227 e. The van der Waals surface area contributed by atoms with Gasteiger partial charge in [-0.15, -0.1) is 0 Å². The van der Waals surface area contributed by atoms with E-state index in [1.165, 1.54) is 16.5 Å². The lowest BCUT2D eigenvalue weighted by Gasteiger charge is -2.17. The molecule has 5 nitrogen and oxygen atoms in total. The van der Waals surface area contributed by atoms with Crippen molar-refractivity contribution in [3.05, 3.63) is 47.8 Å². The number of rotatable bonds is 2. The molecule has 0 amide bonds. The smallest absolute Gasteiger partial charge is 0.227 e. The SMILES string of the molecule is Cc1cc(N)nc(N2CCC(c3cn(C)c4ccccc34)C2)n1. The summed E-state index contributed by atoms with van der Waals surface area (Å²) in [7, 11) is 2.11. The van der Waals surface area contributed by atoms with Gasteiger partial charge in [-0.2, -0.15) is 4.98 Å². The second-order valence-electron chi connectivity index (χ2n) is 6.38. The topological polar surface area (TPSA) is 60.0 Å². The van der Waals surface area contributed by atoms with Crippen molar-refractivity contribution in [3.63, 3.8) is 0 Å². The second-order valence-corrected chi connectivity index (χ2v) is 6.38. The lowest BCUT2D eigenvalue weighted by molar-refractivity contribution is 0.772. The molecule has 1 aliphatic rings. The van der Waals surface area contributed by atoms with Crippen molar-refractivity contribution in [2.75, 3.05) is 23.7 Å². The lowest BCUT2D eigenvalue weighted by atomic mass is 9.98. The summed E-state index contributed by atoms with van der Waals surface area (Å²) in [5.74, 6) is 1.80. The van der Waals surface area contributed by atoms with E-state index in [2.05, 4.69) is 56.9 Å². The van der Waals surface area contributed by atoms with Crippen LogP contribution in [-0.4, -0.2) is 27.6 Å². The number of nitrogens with two attached hydrogens (primary N) is 1. The van der Waals surface area contributed by atoms with Gasteiger partial charge < -0.3 is 15.2 Å². The van der Waals surface area contributed by atoms with Gasteiger partial charge in [-0.05, 0) is 25.0 Å². The van der Waals surface area contributed by atoms with Crippen molar-refractivity contribution < 1.29 is 0 Å². The zero-order valence-electron chi connectivity index (χ0n) is 13.5. The summed E-state index contributed by atoms with van der Waals surface area (Å²) in [5.41, 5.74) is 9.50. The van der Waals surface area contributed by atoms with Crippen LogP contribution in [0.2, 0.25) is 0 Å². The van der Waals surface area contributed by atoms with Gasteiger partial charge in [-0.25, -0.2) is 4.98 Å². The van der Waals surface area contributed by atoms with Crippen LogP contribution in [0.4, 0.5) is 11.8 Å². The lowest BCUT2D eigenvalue weighted by Crippen LogP contribution is -2.22. The average Bonchev–Trinajstić information content (AvgIpc) is 3.12. The van der Waals surface area contributed by atoms with Crippen molar-refractivity contribution in [1.29, 1.82) is 0 Å². The summed E-state index contributed by atoms with van der Waals surface area (Å²) in [6, 6.07) is 10.4. The number of fused-ring (bicyclic) bond motifs is 1. The third-order valence-electron chi connectivity index (χ3n) is 4.70. The van der Waals surface area contributed by atoms with Crippen LogP contribution in [0.25, 0.3) is 10.9 Å². The molecule has 1 unspecified atom stereocenters. The monoisotopic (exact) mass is 307 g/mol. The standard InChI is InChI=1S/C18H21N5/c1-12-9-17(19)21-18(20-12)23-8-7-13(10-23)15-11-22(2)16-6-4-3-5-14(15)16/h3-6,9,11,13H,7-8,10H2,1-2H3,(H2,19,20,21). The molecule has 3 heterocycles. The first-order valence-electron chi connectivity index (χ1n) is 8.02. The number of benzene rings is 1. The van der Waals surface area contributed by atoms with Gasteiger partial charge in [0, 0.05) is 54.9 Å². The molecule has 4 rings (SSSR count). The van der Waals surface area contributed by atoms with Crippen LogP contribution in [0.15, 0.2) is 36.5 Å². The molecule has 23 heavy (non-hydrogen) atoms. The van der Waals surface area contributed by atoms with E-state index in [0.717, 1.165) is 31.2 Å². The maximum atomic E-state index is 5.87. The minimum Gasteiger partial charge on any atom is -0.384 e. The molecule has 1 fully saturated rings. The second kappa shape index (κ2) is 5.26. The van der Waals surface area contributed by atoms with Crippen LogP contribution in [0, 0.1) is 6.92 Å². The number of nitrogens with zero attached hydrogens (tertiary/aromatic N) is 4. The van der Waals surface area contributed by atoms with Gasteiger partial charge in [0.2, 0.25) is 5.95 Å². The highest BCUT2D eigenvalue weighted by Gasteiger charge is 2.28. The number of hydrogen-bond acceptors (Lipinski definition) is 4. The van der Waals surface area contributed by atoms with Gasteiger partial charge in [0.05, 0.1) is 0 Å². The molecule has 0 bridgehead atoms. The Labute approximate surface area is 135 Å². The van der Waals surface area contributed by atoms with Crippen LogP contribution >= 0.6 is 0 Å². The van der Waals surface area contributed by atoms with Crippen LogP contribution in [0.1, 0.15) is 23.6 Å². The number of para-hydroxylation sites is 1. The van der Waals surface area contributed by atoms with Gasteiger partial charge in [-0.3, -0.25) is 0 Å². The Balaban J connectivity index is 1.65. The zero-order chi connectivity index (χ0) is 16.0. The molecule has 0 saturated carbocycles. The molecule has 0 radical (unpaired) electrons. The number of aryl methyl sites for hydroxylation is 2. The van der Waals surface area contributed by atoms with E-state index < -0.39 is 0 Å². The number of hydrogen-bond donors (Lipinski definition) is 1. The highest BCUT2D eigenvalue weighted by molar-refractivity contribution is 5.84. The first kappa shape index (κ1) is 14.1. The minimum atomic E-state index is 0.506. The predicted octanol–water partition coefficient (Wildman–Crippen LogP) is 2.85. The fourth-order valence-electron chi connectivity index (χ4n) is 3.61. The molecule has 118 valence electrons.